The van der Waals surface area contributed by atoms with Gasteiger partial charge in [0.1, 0.15) is 0 Å². The first-order valence-corrected chi connectivity index (χ1v) is 6.45. The van der Waals surface area contributed by atoms with Crippen molar-refractivity contribution in [2.24, 2.45) is 0 Å². The molecule has 0 atom stereocenters. The molecule has 2 heteroatoms. The Bertz CT molecular complexity index is 239. The second-order valence-electron chi connectivity index (χ2n) is 4.53. The van der Waals surface area contributed by atoms with Gasteiger partial charge in [-0.1, -0.05) is 46.5 Å². The van der Waals surface area contributed by atoms with Gasteiger partial charge in [-0.2, -0.15) is 0 Å². The van der Waals surface area contributed by atoms with Crippen molar-refractivity contribution in [3.63, 3.8) is 0 Å². The molecule has 1 rings (SSSR count). The lowest BCUT2D eigenvalue weighted by Gasteiger charge is -2.21. The topological polar surface area (TPSA) is 12.9 Å². The van der Waals surface area contributed by atoms with Crippen LogP contribution in [-0.4, -0.2) is 4.98 Å². The molecule has 0 spiro atoms. The monoisotopic (exact) mass is 211 g/mol. The highest BCUT2D eigenvalue weighted by Gasteiger charge is 2.22. The van der Waals surface area contributed by atoms with Crippen LogP contribution in [0.3, 0.4) is 0 Å². The van der Waals surface area contributed by atoms with E-state index in [-0.39, 0.29) is 5.41 Å². The molecule has 14 heavy (non-hydrogen) atoms. The van der Waals surface area contributed by atoms with E-state index in [0.29, 0.717) is 0 Å². The molecular weight excluding hydrogens is 190 g/mol. The molecule has 0 fully saturated rings. The van der Waals surface area contributed by atoms with E-state index in [9.17, 15) is 0 Å². The minimum absolute atomic E-state index is 0.280. The van der Waals surface area contributed by atoms with Gasteiger partial charge in [0.25, 0.3) is 0 Å². The molecule has 1 aromatic heterocycles. The van der Waals surface area contributed by atoms with Crippen LogP contribution in [0.25, 0.3) is 0 Å². The zero-order valence-corrected chi connectivity index (χ0v) is 10.4. The molecule has 0 N–H and O–H groups in total. The average molecular weight is 211 g/mol. The molecule has 1 aromatic rings. The Balaban J connectivity index is 2.35. The molecule has 0 aliphatic heterocycles. The molecule has 0 aromatic carbocycles. The van der Waals surface area contributed by atoms with Gasteiger partial charge in [-0.25, -0.2) is 4.98 Å². The summed E-state index contributed by atoms with van der Waals surface area (Å²) < 4.78 is 0. The van der Waals surface area contributed by atoms with E-state index < -0.39 is 0 Å². The molecular formula is C12H21NS. The van der Waals surface area contributed by atoms with Crippen LogP contribution in [0.5, 0.6) is 0 Å². The third-order valence-electron chi connectivity index (χ3n) is 2.67. The number of thiazole rings is 1. The van der Waals surface area contributed by atoms with Crippen LogP contribution in [0.2, 0.25) is 0 Å². The van der Waals surface area contributed by atoms with E-state index in [2.05, 4.69) is 31.1 Å². The third-order valence-corrected chi connectivity index (χ3v) is 3.81. The second-order valence-corrected chi connectivity index (χ2v) is 5.43. The highest BCUT2D eigenvalue weighted by Crippen LogP contribution is 2.30. The van der Waals surface area contributed by atoms with Crippen molar-refractivity contribution in [3.05, 3.63) is 16.6 Å². The maximum absolute atomic E-state index is 4.41. The lowest BCUT2D eigenvalue weighted by atomic mass is 9.87. The second kappa shape index (κ2) is 5.50. The van der Waals surface area contributed by atoms with Gasteiger partial charge < -0.3 is 0 Å². The molecule has 0 amide bonds. The fraction of sp³-hybridized carbons (Fsp3) is 0.750. The quantitative estimate of drug-likeness (QED) is 0.636. The predicted octanol–water partition coefficient (Wildman–Crippen LogP) is 4.39. The fourth-order valence-corrected chi connectivity index (χ4v) is 2.45. The highest BCUT2D eigenvalue weighted by atomic mass is 32.1. The van der Waals surface area contributed by atoms with Crippen molar-refractivity contribution in [3.8, 4) is 0 Å². The van der Waals surface area contributed by atoms with E-state index >= 15 is 0 Å². The summed E-state index contributed by atoms with van der Waals surface area (Å²) in [6, 6.07) is 0. The Morgan fingerprint density at radius 2 is 2.07 bits per heavy atom. The Morgan fingerprint density at radius 1 is 1.29 bits per heavy atom. The molecule has 0 saturated heterocycles. The summed E-state index contributed by atoms with van der Waals surface area (Å²) in [5.41, 5.74) is 0.280. The first-order valence-electron chi connectivity index (χ1n) is 5.57. The van der Waals surface area contributed by atoms with Crippen molar-refractivity contribution in [2.45, 2.75) is 58.3 Å². The maximum atomic E-state index is 4.41. The Morgan fingerprint density at radius 3 is 2.64 bits per heavy atom. The summed E-state index contributed by atoms with van der Waals surface area (Å²) in [5, 5.41) is 3.36. The molecule has 1 heterocycles. The summed E-state index contributed by atoms with van der Waals surface area (Å²) in [5.74, 6) is 0. The summed E-state index contributed by atoms with van der Waals surface area (Å²) in [7, 11) is 0. The average Bonchev–Trinajstić information content (AvgIpc) is 2.65. The maximum Gasteiger partial charge on any atom is 0.0981 e. The van der Waals surface area contributed by atoms with Gasteiger partial charge in [0.2, 0.25) is 0 Å². The lowest BCUT2D eigenvalue weighted by Crippen LogP contribution is -2.16. The van der Waals surface area contributed by atoms with Crippen molar-refractivity contribution < 1.29 is 0 Å². The predicted molar refractivity (Wildman–Crippen MR) is 63.9 cm³/mol. The largest absolute Gasteiger partial charge is 0.249 e. The van der Waals surface area contributed by atoms with Gasteiger partial charge in [-0.3, -0.25) is 0 Å². The molecule has 0 unspecified atom stereocenters. The van der Waals surface area contributed by atoms with Crippen LogP contribution in [0, 0.1) is 0 Å². The molecule has 0 saturated carbocycles. The van der Waals surface area contributed by atoms with E-state index in [0.717, 1.165) is 0 Å². The number of hydrogen-bond acceptors (Lipinski definition) is 2. The molecule has 0 bridgehead atoms. The van der Waals surface area contributed by atoms with Crippen LogP contribution < -0.4 is 0 Å². The zero-order chi connectivity index (χ0) is 10.4. The van der Waals surface area contributed by atoms with Gasteiger partial charge in [0, 0.05) is 17.0 Å². The van der Waals surface area contributed by atoms with Gasteiger partial charge in [-0.05, 0) is 6.42 Å². The van der Waals surface area contributed by atoms with E-state index in [1.807, 2.05) is 6.20 Å². The standard InChI is InChI=1S/C12H21NS/c1-4-5-6-7-8-12(2,3)11-13-9-10-14-11/h9-10H,4-8H2,1-3H3. The lowest BCUT2D eigenvalue weighted by molar-refractivity contribution is 0.444. The van der Waals surface area contributed by atoms with Crippen molar-refractivity contribution in [1.29, 1.82) is 0 Å². The van der Waals surface area contributed by atoms with Crippen LogP contribution >= 0.6 is 11.3 Å². The van der Waals surface area contributed by atoms with Gasteiger partial charge in [-0.15, -0.1) is 11.3 Å². The van der Waals surface area contributed by atoms with E-state index in [1.165, 1.54) is 37.1 Å². The number of nitrogens with zero attached hydrogens (tertiary/aromatic N) is 1. The van der Waals surface area contributed by atoms with Crippen molar-refractivity contribution >= 4 is 11.3 Å². The SMILES string of the molecule is CCCCCCC(C)(C)c1nccs1. The fourth-order valence-electron chi connectivity index (χ4n) is 1.66. The normalized spacial score (nSPS) is 11.9. The van der Waals surface area contributed by atoms with Gasteiger partial charge >= 0.3 is 0 Å². The minimum Gasteiger partial charge on any atom is -0.249 e. The molecule has 1 nitrogen and oxygen atoms in total. The Labute approximate surface area is 91.6 Å². The van der Waals surface area contributed by atoms with Gasteiger partial charge in [0.05, 0.1) is 5.01 Å². The molecule has 0 radical (unpaired) electrons. The zero-order valence-electron chi connectivity index (χ0n) is 9.55. The van der Waals surface area contributed by atoms with Crippen LogP contribution in [0.15, 0.2) is 11.6 Å². The summed E-state index contributed by atoms with van der Waals surface area (Å²) >= 11 is 1.78. The Hall–Kier alpha value is -0.370. The first-order chi connectivity index (χ1) is 6.67. The van der Waals surface area contributed by atoms with Crippen molar-refractivity contribution in [1.82, 2.24) is 4.98 Å². The molecule has 80 valence electrons. The van der Waals surface area contributed by atoms with Crippen LogP contribution in [-0.2, 0) is 5.41 Å². The van der Waals surface area contributed by atoms with Crippen LogP contribution in [0.4, 0.5) is 0 Å². The van der Waals surface area contributed by atoms with Crippen molar-refractivity contribution in [2.75, 3.05) is 0 Å². The number of hydrogen-bond donors (Lipinski definition) is 0. The minimum atomic E-state index is 0.280. The summed E-state index contributed by atoms with van der Waals surface area (Å²) in [4.78, 5) is 4.41. The molecule has 0 aliphatic carbocycles. The summed E-state index contributed by atoms with van der Waals surface area (Å²) in [6.07, 6.45) is 8.56. The molecule has 0 aliphatic rings. The Kier molecular flexibility index (Phi) is 4.59. The highest BCUT2D eigenvalue weighted by molar-refractivity contribution is 7.09. The number of unbranched alkanes of at least 4 members (excludes halogenated alkanes) is 3. The van der Waals surface area contributed by atoms with Crippen LogP contribution in [0.1, 0.15) is 57.9 Å². The van der Waals surface area contributed by atoms with E-state index in [1.54, 1.807) is 11.3 Å². The summed E-state index contributed by atoms with van der Waals surface area (Å²) in [6.45, 7) is 6.86. The van der Waals surface area contributed by atoms with E-state index in [4.69, 9.17) is 0 Å². The number of aromatic nitrogens is 1. The smallest absolute Gasteiger partial charge is 0.0981 e. The third kappa shape index (κ3) is 3.41. The first kappa shape index (κ1) is 11.7. The number of rotatable bonds is 6. The van der Waals surface area contributed by atoms with Gasteiger partial charge in [0.15, 0.2) is 0 Å².